The quantitative estimate of drug-likeness (QED) is 0.813. The van der Waals surface area contributed by atoms with Gasteiger partial charge < -0.3 is 9.47 Å². The van der Waals surface area contributed by atoms with Crippen molar-refractivity contribution in [3.05, 3.63) is 58.6 Å². The first-order valence-corrected chi connectivity index (χ1v) is 9.16. The molecule has 0 aliphatic carbocycles. The Morgan fingerprint density at radius 1 is 1.17 bits per heavy atom. The lowest BCUT2D eigenvalue weighted by atomic mass is 10.0. The molecule has 0 aliphatic rings. The second kappa shape index (κ2) is 7.98. The van der Waals surface area contributed by atoms with Gasteiger partial charge in [-0.2, -0.15) is 0 Å². The first kappa shape index (κ1) is 18.7. The normalized spacial score (nSPS) is 12.8. The van der Waals surface area contributed by atoms with Crippen LogP contribution in [0.2, 0.25) is 5.02 Å². The van der Waals surface area contributed by atoms with E-state index in [1.54, 1.807) is 13.2 Å². The van der Waals surface area contributed by atoms with E-state index in [1.165, 1.54) is 19.2 Å². The minimum Gasteiger partial charge on any atom is -0.495 e. The average Bonchev–Trinajstić information content (AvgIpc) is 2.56. The molecule has 5 nitrogen and oxygen atoms in total. The number of methoxy groups -OCH3 is 2. The number of rotatable bonds is 7. The van der Waals surface area contributed by atoms with Gasteiger partial charge in [0.2, 0.25) is 10.0 Å². The van der Waals surface area contributed by atoms with Gasteiger partial charge in [-0.05, 0) is 36.2 Å². The van der Waals surface area contributed by atoms with Crippen LogP contribution in [-0.2, 0) is 14.8 Å². The molecule has 0 aromatic heterocycles. The molecule has 0 bridgehead atoms. The molecule has 0 spiro atoms. The van der Waals surface area contributed by atoms with Gasteiger partial charge in [0, 0.05) is 18.7 Å². The largest absolute Gasteiger partial charge is 0.495 e. The van der Waals surface area contributed by atoms with Crippen molar-refractivity contribution < 1.29 is 17.9 Å². The van der Waals surface area contributed by atoms with Crippen LogP contribution >= 0.6 is 11.6 Å². The number of aryl methyl sites for hydroxylation is 1. The minimum absolute atomic E-state index is 0.00265. The lowest BCUT2D eigenvalue weighted by molar-refractivity contribution is 0.107. The highest BCUT2D eigenvalue weighted by atomic mass is 35.5. The van der Waals surface area contributed by atoms with Crippen molar-refractivity contribution in [1.29, 1.82) is 0 Å². The Labute approximate surface area is 147 Å². The molecule has 0 aliphatic heterocycles. The summed E-state index contributed by atoms with van der Waals surface area (Å²) >= 11 is 5.91. The molecule has 0 saturated heterocycles. The lowest BCUT2D eigenvalue weighted by Gasteiger charge is -2.19. The number of halogens is 1. The Hall–Kier alpha value is -1.60. The van der Waals surface area contributed by atoms with Crippen molar-refractivity contribution in [3.63, 3.8) is 0 Å². The van der Waals surface area contributed by atoms with E-state index in [2.05, 4.69) is 4.72 Å². The van der Waals surface area contributed by atoms with Gasteiger partial charge in [-0.3, -0.25) is 0 Å². The van der Waals surface area contributed by atoms with Crippen molar-refractivity contribution in [2.24, 2.45) is 0 Å². The molecule has 0 amide bonds. The lowest BCUT2D eigenvalue weighted by Crippen LogP contribution is -2.29. The maximum absolute atomic E-state index is 12.6. The van der Waals surface area contributed by atoms with E-state index in [4.69, 9.17) is 21.1 Å². The molecular formula is C17H20ClNO4S. The average molecular weight is 370 g/mol. The fraction of sp³-hybridized carbons (Fsp3) is 0.294. The smallest absolute Gasteiger partial charge is 0.244 e. The summed E-state index contributed by atoms with van der Waals surface area (Å²) in [6, 6.07) is 12.1. The zero-order valence-electron chi connectivity index (χ0n) is 13.7. The molecule has 0 fully saturated rings. The number of benzene rings is 2. The third-order valence-corrected chi connectivity index (χ3v) is 5.37. The van der Waals surface area contributed by atoms with E-state index < -0.39 is 16.1 Å². The SMILES string of the molecule is COc1ccc(Cl)cc1S(=O)(=O)NCC(OC)c1ccccc1C. The van der Waals surface area contributed by atoms with Gasteiger partial charge in [0.1, 0.15) is 10.6 Å². The molecule has 2 rings (SSSR count). The zero-order valence-corrected chi connectivity index (χ0v) is 15.3. The summed E-state index contributed by atoms with van der Waals surface area (Å²) in [6.07, 6.45) is -0.397. The van der Waals surface area contributed by atoms with Crippen molar-refractivity contribution in [2.75, 3.05) is 20.8 Å². The number of ether oxygens (including phenoxy) is 2. The fourth-order valence-corrected chi connectivity index (χ4v) is 3.85. The highest BCUT2D eigenvalue weighted by molar-refractivity contribution is 7.89. The Balaban J connectivity index is 2.24. The van der Waals surface area contributed by atoms with E-state index in [-0.39, 0.29) is 17.2 Å². The van der Waals surface area contributed by atoms with Gasteiger partial charge >= 0.3 is 0 Å². The summed E-state index contributed by atoms with van der Waals surface area (Å²) in [7, 11) is -0.834. The molecule has 2 aromatic rings. The molecule has 7 heteroatoms. The Kier molecular flexibility index (Phi) is 6.23. The number of hydrogen-bond donors (Lipinski definition) is 1. The van der Waals surface area contributed by atoms with E-state index >= 15 is 0 Å². The molecule has 1 unspecified atom stereocenters. The first-order valence-electron chi connectivity index (χ1n) is 7.30. The highest BCUT2D eigenvalue weighted by Gasteiger charge is 2.22. The molecule has 1 N–H and O–H groups in total. The van der Waals surface area contributed by atoms with Gasteiger partial charge in [-0.25, -0.2) is 13.1 Å². The predicted molar refractivity (Wildman–Crippen MR) is 94.1 cm³/mol. The van der Waals surface area contributed by atoms with E-state index in [0.717, 1.165) is 11.1 Å². The molecule has 0 saturated carbocycles. The van der Waals surface area contributed by atoms with Gasteiger partial charge in [0.15, 0.2) is 0 Å². The monoisotopic (exact) mass is 369 g/mol. The van der Waals surface area contributed by atoms with Crippen LogP contribution in [0.3, 0.4) is 0 Å². The second-order valence-electron chi connectivity index (χ2n) is 5.23. The van der Waals surface area contributed by atoms with Crippen LogP contribution in [0.15, 0.2) is 47.4 Å². The third-order valence-electron chi connectivity index (χ3n) is 3.69. The summed E-state index contributed by atoms with van der Waals surface area (Å²) in [5, 5.41) is 0.318. The Bertz CT molecular complexity index is 808. The third kappa shape index (κ3) is 4.27. The number of hydrogen-bond acceptors (Lipinski definition) is 4. The van der Waals surface area contributed by atoms with Gasteiger partial charge in [-0.15, -0.1) is 0 Å². The van der Waals surface area contributed by atoms with E-state index in [9.17, 15) is 8.42 Å². The minimum atomic E-state index is -3.79. The van der Waals surface area contributed by atoms with Crippen LogP contribution in [0.25, 0.3) is 0 Å². The maximum Gasteiger partial charge on any atom is 0.244 e. The summed E-state index contributed by atoms with van der Waals surface area (Å²) in [5.74, 6) is 0.233. The van der Waals surface area contributed by atoms with Gasteiger partial charge in [0.25, 0.3) is 0 Å². The molecule has 1 atom stereocenters. The van der Waals surface area contributed by atoms with E-state index in [0.29, 0.717) is 5.02 Å². The van der Waals surface area contributed by atoms with Gasteiger partial charge in [0.05, 0.1) is 13.2 Å². The summed E-state index contributed by atoms with van der Waals surface area (Å²) in [4.78, 5) is -0.00265. The predicted octanol–water partition coefficient (Wildman–Crippen LogP) is 3.32. The molecule has 130 valence electrons. The van der Waals surface area contributed by atoms with Crippen LogP contribution in [0.1, 0.15) is 17.2 Å². The van der Waals surface area contributed by atoms with Crippen LogP contribution in [0.4, 0.5) is 0 Å². The highest BCUT2D eigenvalue weighted by Crippen LogP contribution is 2.27. The van der Waals surface area contributed by atoms with Crippen LogP contribution in [0, 0.1) is 6.92 Å². The fourth-order valence-electron chi connectivity index (χ4n) is 2.39. The first-order chi connectivity index (χ1) is 11.4. The Morgan fingerprint density at radius 3 is 2.50 bits per heavy atom. The molecule has 0 heterocycles. The second-order valence-corrected chi connectivity index (χ2v) is 7.40. The Morgan fingerprint density at radius 2 is 1.88 bits per heavy atom. The van der Waals surface area contributed by atoms with Crippen LogP contribution < -0.4 is 9.46 Å². The zero-order chi connectivity index (χ0) is 17.7. The van der Waals surface area contributed by atoms with Crippen LogP contribution in [-0.4, -0.2) is 29.2 Å². The van der Waals surface area contributed by atoms with Crippen LogP contribution in [0.5, 0.6) is 5.75 Å². The van der Waals surface area contributed by atoms with Crippen molar-refractivity contribution in [3.8, 4) is 5.75 Å². The molecular weight excluding hydrogens is 350 g/mol. The summed E-state index contributed by atoms with van der Waals surface area (Å²) in [5.41, 5.74) is 1.96. The van der Waals surface area contributed by atoms with E-state index in [1.807, 2.05) is 31.2 Å². The standard InChI is InChI=1S/C17H20ClNO4S/c1-12-6-4-5-7-14(12)16(23-3)11-19-24(20,21)17-10-13(18)8-9-15(17)22-2/h4-10,16,19H,11H2,1-3H3. The number of nitrogens with one attached hydrogen (secondary N) is 1. The summed E-state index contributed by atoms with van der Waals surface area (Å²) in [6.45, 7) is 2.05. The molecule has 0 radical (unpaired) electrons. The molecule has 2 aromatic carbocycles. The maximum atomic E-state index is 12.6. The van der Waals surface area contributed by atoms with Gasteiger partial charge in [-0.1, -0.05) is 35.9 Å². The number of sulfonamides is 1. The molecule has 24 heavy (non-hydrogen) atoms. The summed E-state index contributed by atoms with van der Waals surface area (Å²) < 4.78 is 38.3. The van der Waals surface area contributed by atoms with Crippen molar-refractivity contribution in [1.82, 2.24) is 4.72 Å². The van der Waals surface area contributed by atoms with Crippen molar-refractivity contribution in [2.45, 2.75) is 17.9 Å². The van der Waals surface area contributed by atoms with Crippen molar-refractivity contribution >= 4 is 21.6 Å². The topological polar surface area (TPSA) is 64.6 Å².